The van der Waals surface area contributed by atoms with Crippen LogP contribution in [0.4, 0.5) is 5.69 Å². The normalized spacial score (nSPS) is 10.7. The summed E-state index contributed by atoms with van der Waals surface area (Å²) in [5, 5.41) is 11.2. The first-order valence-electron chi connectivity index (χ1n) is 6.39. The van der Waals surface area contributed by atoms with E-state index in [4.69, 9.17) is 16.3 Å². The second-order valence-corrected chi connectivity index (χ2v) is 5.75. The number of benzene rings is 1. The lowest BCUT2D eigenvalue weighted by Gasteiger charge is -2.14. The Labute approximate surface area is 132 Å². The van der Waals surface area contributed by atoms with Gasteiger partial charge in [0.25, 0.3) is 0 Å². The summed E-state index contributed by atoms with van der Waals surface area (Å²) in [4.78, 5) is 0. The second-order valence-electron chi connectivity index (χ2n) is 4.46. The Balaban J connectivity index is 2.24. The maximum absolute atomic E-state index is 6.10. The van der Waals surface area contributed by atoms with E-state index < -0.39 is 0 Å². The molecule has 0 radical (unpaired) electrons. The number of nitrogens with one attached hydrogen (secondary N) is 2. The Morgan fingerprint density at radius 1 is 1.40 bits per heavy atom. The number of anilines is 1. The Morgan fingerprint density at radius 3 is 2.75 bits per heavy atom. The van der Waals surface area contributed by atoms with Crippen molar-refractivity contribution in [2.45, 2.75) is 27.3 Å². The topological polar surface area (TPSA) is 49.9 Å². The molecule has 4 nitrogen and oxygen atoms in total. The molecule has 0 aliphatic heterocycles. The van der Waals surface area contributed by atoms with Gasteiger partial charge in [0.2, 0.25) is 0 Å². The molecular weight excluding hydrogens is 342 g/mol. The Morgan fingerprint density at radius 2 is 2.15 bits per heavy atom. The number of rotatable bonds is 5. The van der Waals surface area contributed by atoms with Gasteiger partial charge in [-0.2, -0.15) is 5.10 Å². The quantitative estimate of drug-likeness (QED) is 0.830. The summed E-state index contributed by atoms with van der Waals surface area (Å²) in [6.45, 7) is 7.21. The lowest BCUT2D eigenvalue weighted by Crippen LogP contribution is -2.04. The molecule has 6 heteroatoms. The average molecular weight is 359 g/mol. The molecule has 0 bridgehead atoms. The molecule has 2 N–H and O–H groups in total. The molecule has 1 heterocycles. The molecule has 0 fully saturated rings. The maximum atomic E-state index is 6.10. The molecule has 0 amide bonds. The summed E-state index contributed by atoms with van der Waals surface area (Å²) in [5.41, 5.74) is 4.08. The van der Waals surface area contributed by atoms with E-state index in [9.17, 15) is 0 Å². The number of aryl methyl sites for hydroxylation is 2. The minimum atomic E-state index is 0.596. The van der Waals surface area contributed by atoms with Crippen LogP contribution in [-0.2, 0) is 6.54 Å². The second kappa shape index (κ2) is 6.50. The van der Waals surface area contributed by atoms with Gasteiger partial charge in [0.1, 0.15) is 0 Å². The van der Waals surface area contributed by atoms with Crippen LogP contribution in [0, 0.1) is 13.8 Å². The van der Waals surface area contributed by atoms with Gasteiger partial charge in [-0.3, -0.25) is 5.10 Å². The van der Waals surface area contributed by atoms with E-state index in [1.807, 2.05) is 32.9 Å². The molecule has 0 saturated heterocycles. The molecule has 0 aliphatic rings. The van der Waals surface area contributed by atoms with E-state index in [1.54, 1.807) is 0 Å². The van der Waals surface area contributed by atoms with Gasteiger partial charge in [-0.15, -0.1) is 0 Å². The highest BCUT2D eigenvalue weighted by Gasteiger charge is 2.12. The van der Waals surface area contributed by atoms with Gasteiger partial charge in [0, 0.05) is 22.8 Å². The first kappa shape index (κ1) is 15.2. The van der Waals surface area contributed by atoms with E-state index in [1.165, 1.54) is 0 Å². The zero-order valence-corrected chi connectivity index (χ0v) is 14.0. The van der Waals surface area contributed by atoms with Crippen LogP contribution in [0.2, 0.25) is 5.02 Å². The molecule has 0 spiro atoms. The predicted molar refractivity (Wildman–Crippen MR) is 85.7 cm³/mol. The minimum Gasteiger partial charge on any atom is -0.491 e. The van der Waals surface area contributed by atoms with Crippen molar-refractivity contribution in [2.24, 2.45) is 0 Å². The molecule has 0 atom stereocenters. The monoisotopic (exact) mass is 357 g/mol. The standard InChI is InChI=1S/C14H17BrClN3O/c1-4-20-14-12(15)5-10(16)6-13(14)17-7-11-8(2)18-19-9(11)3/h5-6,17H,4,7H2,1-3H3,(H,18,19). The van der Waals surface area contributed by atoms with Crippen LogP contribution >= 0.6 is 27.5 Å². The highest BCUT2D eigenvalue weighted by molar-refractivity contribution is 9.10. The van der Waals surface area contributed by atoms with Crippen LogP contribution in [0.1, 0.15) is 23.9 Å². The number of ether oxygens (including phenoxy) is 1. The lowest BCUT2D eigenvalue weighted by molar-refractivity contribution is 0.339. The SMILES string of the molecule is CCOc1c(Br)cc(Cl)cc1NCc1c(C)n[nH]c1C. The third-order valence-electron chi connectivity index (χ3n) is 3.03. The van der Waals surface area contributed by atoms with Crippen LogP contribution in [0.25, 0.3) is 0 Å². The number of hydrogen-bond donors (Lipinski definition) is 2. The zero-order valence-electron chi connectivity index (χ0n) is 11.7. The van der Waals surface area contributed by atoms with Gasteiger partial charge in [0.05, 0.1) is 22.5 Å². The fraction of sp³-hybridized carbons (Fsp3) is 0.357. The van der Waals surface area contributed by atoms with E-state index in [0.717, 1.165) is 32.9 Å². The van der Waals surface area contributed by atoms with Crippen molar-refractivity contribution in [2.75, 3.05) is 11.9 Å². The number of aromatic amines is 1. The Bertz CT molecular complexity index is 593. The third-order valence-corrected chi connectivity index (χ3v) is 3.84. The van der Waals surface area contributed by atoms with Gasteiger partial charge in [-0.25, -0.2) is 0 Å². The van der Waals surface area contributed by atoms with E-state index >= 15 is 0 Å². The van der Waals surface area contributed by atoms with Gasteiger partial charge in [-0.1, -0.05) is 11.6 Å². The number of aromatic nitrogens is 2. The highest BCUT2D eigenvalue weighted by Crippen LogP contribution is 2.37. The Hall–Kier alpha value is -1.20. The molecule has 0 aliphatic carbocycles. The fourth-order valence-corrected chi connectivity index (χ4v) is 2.93. The molecule has 108 valence electrons. The minimum absolute atomic E-state index is 0.596. The largest absolute Gasteiger partial charge is 0.491 e. The number of hydrogen-bond acceptors (Lipinski definition) is 3. The molecule has 2 aromatic rings. The maximum Gasteiger partial charge on any atom is 0.156 e. The van der Waals surface area contributed by atoms with E-state index in [-0.39, 0.29) is 0 Å². The zero-order chi connectivity index (χ0) is 14.7. The van der Waals surface area contributed by atoms with Crippen molar-refractivity contribution < 1.29 is 4.74 Å². The molecule has 0 saturated carbocycles. The average Bonchev–Trinajstić information content (AvgIpc) is 2.70. The summed E-state index contributed by atoms with van der Waals surface area (Å²) < 4.78 is 6.50. The smallest absolute Gasteiger partial charge is 0.156 e. The van der Waals surface area contributed by atoms with Gasteiger partial charge in [-0.05, 0) is 48.8 Å². The van der Waals surface area contributed by atoms with Crippen molar-refractivity contribution in [1.82, 2.24) is 10.2 Å². The molecule has 0 unspecified atom stereocenters. The van der Waals surface area contributed by atoms with Gasteiger partial charge < -0.3 is 10.1 Å². The molecule has 1 aromatic heterocycles. The summed E-state index contributed by atoms with van der Waals surface area (Å²) in [5.74, 6) is 0.774. The predicted octanol–water partition coefficient (Wildman–Crippen LogP) is 4.45. The highest BCUT2D eigenvalue weighted by atomic mass is 79.9. The van der Waals surface area contributed by atoms with Crippen molar-refractivity contribution in [3.8, 4) is 5.75 Å². The van der Waals surface area contributed by atoms with Crippen LogP contribution in [0.3, 0.4) is 0 Å². The summed E-state index contributed by atoms with van der Waals surface area (Å²) in [6.07, 6.45) is 0. The first-order chi connectivity index (χ1) is 9.52. The number of nitrogens with zero attached hydrogens (tertiary/aromatic N) is 1. The molecular formula is C14H17BrClN3O. The molecule has 20 heavy (non-hydrogen) atoms. The molecule has 2 rings (SSSR count). The summed E-state index contributed by atoms with van der Waals surface area (Å²) in [6, 6.07) is 3.69. The first-order valence-corrected chi connectivity index (χ1v) is 7.56. The third kappa shape index (κ3) is 3.27. The van der Waals surface area contributed by atoms with Crippen molar-refractivity contribution in [3.05, 3.63) is 38.6 Å². The van der Waals surface area contributed by atoms with Crippen LogP contribution in [-0.4, -0.2) is 16.8 Å². The lowest BCUT2D eigenvalue weighted by atomic mass is 10.2. The molecule has 1 aromatic carbocycles. The van der Waals surface area contributed by atoms with Crippen LogP contribution in [0.5, 0.6) is 5.75 Å². The van der Waals surface area contributed by atoms with Crippen molar-refractivity contribution in [1.29, 1.82) is 0 Å². The van der Waals surface area contributed by atoms with Crippen molar-refractivity contribution >= 4 is 33.2 Å². The number of H-pyrrole nitrogens is 1. The van der Waals surface area contributed by atoms with E-state index in [0.29, 0.717) is 18.2 Å². The van der Waals surface area contributed by atoms with Crippen molar-refractivity contribution in [3.63, 3.8) is 0 Å². The van der Waals surface area contributed by atoms with Gasteiger partial charge in [0.15, 0.2) is 5.75 Å². The number of halogens is 2. The summed E-state index contributed by atoms with van der Waals surface area (Å²) in [7, 11) is 0. The van der Waals surface area contributed by atoms with Crippen LogP contribution in [0.15, 0.2) is 16.6 Å². The van der Waals surface area contributed by atoms with E-state index in [2.05, 4.69) is 31.4 Å². The summed E-state index contributed by atoms with van der Waals surface area (Å²) >= 11 is 9.58. The fourth-order valence-electron chi connectivity index (χ4n) is 2.00. The van der Waals surface area contributed by atoms with Gasteiger partial charge >= 0.3 is 0 Å². The van der Waals surface area contributed by atoms with Crippen LogP contribution < -0.4 is 10.1 Å². The Kier molecular flexibility index (Phi) is 4.94.